The molecule has 40 heavy (non-hydrogen) atoms. The molecular formula is C27H22ClF4N5O2S. The van der Waals surface area contributed by atoms with Crippen molar-refractivity contribution in [2.24, 2.45) is 0 Å². The number of hydrogen-bond acceptors (Lipinski definition) is 5. The van der Waals surface area contributed by atoms with Crippen molar-refractivity contribution in [2.45, 2.75) is 31.7 Å². The zero-order valence-electron chi connectivity index (χ0n) is 21.1. The van der Waals surface area contributed by atoms with Crippen molar-refractivity contribution in [3.63, 3.8) is 0 Å². The fraction of sp³-hybridized carbons (Fsp3) is 0.185. The summed E-state index contributed by atoms with van der Waals surface area (Å²) in [5, 5.41) is 13.7. The van der Waals surface area contributed by atoms with E-state index < -0.39 is 29.4 Å². The third-order valence-electron chi connectivity index (χ3n) is 5.70. The number of alkyl halides is 3. The Morgan fingerprint density at radius 2 is 1.80 bits per heavy atom. The Kier molecular flexibility index (Phi) is 8.79. The third-order valence-corrected chi connectivity index (χ3v) is 6.96. The van der Waals surface area contributed by atoms with Gasteiger partial charge in [0.25, 0.3) is 5.91 Å². The Morgan fingerprint density at radius 3 is 2.52 bits per heavy atom. The van der Waals surface area contributed by atoms with Crippen LogP contribution in [0.25, 0.3) is 5.69 Å². The first-order chi connectivity index (χ1) is 18.9. The highest BCUT2D eigenvalue weighted by atomic mass is 35.5. The van der Waals surface area contributed by atoms with Crippen LogP contribution in [-0.4, -0.2) is 32.3 Å². The van der Waals surface area contributed by atoms with Crippen LogP contribution in [0.1, 0.15) is 32.9 Å². The molecular weight excluding hydrogens is 570 g/mol. The fourth-order valence-corrected chi connectivity index (χ4v) is 4.64. The van der Waals surface area contributed by atoms with Gasteiger partial charge in [-0.15, -0.1) is 10.2 Å². The summed E-state index contributed by atoms with van der Waals surface area (Å²) in [7, 11) is 0. The first-order valence-corrected chi connectivity index (χ1v) is 13.1. The normalized spacial score (nSPS) is 11.4. The summed E-state index contributed by atoms with van der Waals surface area (Å²) >= 11 is 6.99. The molecule has 4 aromatic rings. The average Bonchev–Trinajstić information content (AvgIpc) is 3.30. The molecule has 0 spiro atoms. The van der Waals surface area contributed by atoms with Gasteiger partial charge in [0.1, 0.15) is 5.82 Å². The van der Waals surface area contributed by atoms with E-state index in [2.05, 4.69) is 20.8 Å². The maximum absolute atomic E-state index is 13.5. The summed E-state index contributed by atoms with van der Waals surface area (Å²) in [5.41, 5.74) is 1.54. The lowest BCUT2D eigenvalue weighted by Gasteiger charge is -2.14. The standard InChI is InChI=1S/C27H22ClF4N5O2S/c1-15-6-7-16(2)22(10-15)37-23(13-33-25(39)17-4-3-5-19(29)11-17)35-36-26(37)40-14-24(38)34-21-12-18(27(30,31)32)8-9-20(21)28/h3-12H,13-14H2,1-2H3,(H,33,39)(H,34,38). The lowest BCUT2D eigenvalue weighted by Crippen LogP contribution is -2.25. The van der Waals surface area contributed by atoms with E-state index >= 15 is 0 Å². The summed E-state index contributed by atoms with van der Waals surface area (Å²) in [6.45, 7) is 3.72. The second-order valence-electron chi connectivity index (χ2n) is 8.75. The minimum absolute atomic E-state index is 0.0405. The van der Waals surface area contributed by atoms with Crippen LogP contribution in [0.3, 0.4) is 0 Å². The number of benzene rings is 3. The summed E-state index contributed by atoms with van der Waals surface area (Å²) in [5.74, 6) is -1.54. The Bertz CT molecular complexity index is 1580. The number of halogens is 5. The highest BCUT2D eigenvalue weighted by Gasteiger charge is 2.31. The number of carbonyl (C=O) groups excluding carboxylic acids is 2. The van der Waals surface area contributed by atoms with E-state index in [1.54, 1.807) is 4.57 Å². The van der Waals surface area contributed by atoms with Crippen molar-refractivity contribution >= 4 is 40.9 Å². The minimum atomic E-state index is -4.60. The number of nitrogens with zero attached hydrogens (tertiary/aromatic N) is 3. The van der Waals surface area contributed by atoms with Gasteiger partial charge < -0.3 is 10.6 Å². The molecule has 4 rings (SSSR count). The van der Waals surface area contributed by atoms with Crippen molar-refractivity contribution in [3.05, 3.63) is 99.6 Å². The van der Waals surface area contributed by atoms with Gasteiger partial charge in [-0.1, -0.05) is 41.6 Å². The van der Waals surface area contributed by atoms with Gasteiger partial charge in [0.2, 0.25) is 5.91 Å². The number of amides is 2. The number of nitrogens with one attached hydrogen (secondary N) is 2. The Hall–Kier alpha value is -3.90. The monoisotopic (exact) mass is 591 g/mol. The molecule has 0 aliphatic rings. The number of aromatic nitrogens is 3. The summed E-state index contributed by atoms with van der Waals surface area (Å²) in [6, 6.07) is 13.6. The van der Waals surface area contributed by atoms with E-state index in [0.717, 1.165) is 47.2 Å². The molecule has 0 bridgehead atoms. The first-order valence-electron chi connectivity index (χ1n) is 11.8. The number of aryl methyl sites for hydroxylation is 2. The Morgan fingerprint density at radius 1 is 1.02 bits per heavy atom. The van der Waals surface area contributed by atoms with Gasteiger partial charge in [0.15, 0.2) is 11.0 Å². The van der Waals surface area contributed by atoms with Crippen molar-refractivity contribution in [2.75, 3.05) is 11.1 Å². The van der Waals surface area contributed by atoms with Crippen LogP contribution in [0.2, 0.25) is 5.02 Å². The van der Waals surface area contributed by atoms with Gasteiger partial charge in [0.05, 0.1) is 34.3 Å². The summed E-state index contributed by atoms with van der Waals surface area (Å²) in [6.07, 6.45) is -4.60. The van der Waals surface area contributed by atoms with Crippen LogP contribution in [0.4, 0.5) is 23.2 Å². The van der Waals surface area contributed by atoms with Crippen LogP contribution in [0.5, 0.6) is 0 Å². The number of rotatable bonds is 8. The molecule has 208 valence electrons. The molecule has 0 unspecified atom stereocenters. The average molecular weight is 592 g/mol. The zero-order valence-corrected chi connectivity index (χ0v) is 22.7. The lowest BCUT2D eigenvalue weighted by molar-refractivity contribution is -0.137. The molecule has 0 saturated carbocycles. The largest absolute Gasteiger partial charge is 0.416 e. The molecule has 0 aliphatic heterocycles. The van der Waals surface area contributed by atoms with Crippen molar-refractivity contribution in [1.82, 2.24) is 20.1 Å². The predicted octanol–water partition coefficient (Wildman–Crippen LogP) is 6.36. The van der Waals surface area contributed by atoms with E-state index in [1.165, 1.54) is 18.2 Å². The van der Waals surface area contributed by atoms with Crippen LogP contribution in [0.15, 0.2) is 65.8 Å². The summed E-state index contributed by atoms with van der Waals surface area (Å²) in [4.78, 5) is 25.2. The van der Waals surface area contributed by atoms with Crippen molar-refractivity contribution in [3.8, 4) is 5.69 Å². The maximum Gasteiger partial charge on any atom is 0.416 e. The fourth-order valence-electron chi connectivity index (χ4n) is 3.72. The number of anilines is 1. The number of hydrogen-bond donors (Lipinski definition) is 2. The van der Waals surface area contributed by atoms with E-state index in [4.69, 9.17) is 11.6 Å². The van der Waals surface area contributed by atoms with Gasteiger partial charge in [0, 0.05) is 5.56 Å². The highest BCUT2D eigenvalue weighted by Crippen LogP contribution is 2.34. The van der Waals surface area contributed by atoms with E-state index in [9.17, 15) is 27.2 Å². The number of carbonyl (C=O) groups is 2. The second-order valence-corrected chi connectivity index (χ2v) is 10.1. The number of thioether (sulfide) groups is 1. The van der Waals surface area contributed by atoms with Gasteiger partial charge in [-0.25, -0.2) is 4.39 Å². The molecule has 0 atom stereocenters. The molecule has 3 aromatic carbocycles. The van der Waals surface area contributed by atoms with Crippen molar-refractivity contribution < 1.29 is 27.2 Å². The molecule has 0 saturated heterocycles. The molecule has 0 aliphatic carbocycles. The van der Waals surface area contributed by atoms with Gasteiger partial charge in [-0.3, -0.25) is 14.2 Å². The molecule has 13 heteroatoms. The molecule has 1 heterocycles. The molecule has 0 fully saturated rings. The van der Waals surface area contributed by atoms with Gasteiger partial charge in [-0.2, -0.15) is 13.2 Å². The van der Waals surface area contributed by atoms with Crippen LogP contribution >= 0.6 is 23.4 Å². The predicted molar refractivity (Wildman–Crippen MR) is 144 cm³/mol. The molecule has 0 radical (unpaired) electrons. The molecule has 2 amide bonds. The minimum Gasteiger partial charge on any atom is -0.345 e. The highest BCUT2D eigenvalue weighted by molar-refractivity contribution is 7.99. The zero-order chi connectivity index (χ0) is 29.0. The Labute approximate surface area is 235 Å². The molecule has 1 aromatic heterocycles. The smallest absolute Gasteiger partial charge is 0.345 e. The van der Waals surface area contributed by atoms with Crippen LogP contribution in [0, 0.1) is 19.7 Å². The molecule has 2 N–H and O–H groups in total. The topological polar surface area (TPSA) is 88.9 Å². The summed E-state index contributed by atoms with van der Waals surface area (Å²) < 4.78 is 54.5. The SMILES string of the molecule is Cc1ccc(C)c(-n2c(CNC(=O)c3cccc(F)c3)nnc2SCC(=O)Nc2cc(C(F)(F)F)ccc2Cl)c1. The van der Waals surface area contributed by atoms with Gasteiger partial charge in [-0.05, 0) is 67.4 Å². The second kappa shape index (κ2) is 12.1. The van der Waals surface area contributed by atoms with Gasteiger partial charge >= 0.3 is 6.18 Å². The third kappa shape index (κ3) is 6.99. The van der Waals surface area contributed by atoms with E-state index in [0.29, 0.717) is 16.7 Å². The van der Waals surface area contributed by atoms with E-state index in [-0.39, 0.29) is 28.6 Å². The van der Waals surface area contributed by atoms with Crippen LogP contribution < -0.4 is 10.6 Å². The van der Waals surface area contributed by atoms with E-state index in [1.807, 2.05) is 32.0 Å². The Balaban J connectivity index is 1.55. The maximum atomic E-state index is 13.5. The first kappa shape index (κ1) is 29.1. The van der Waals surface area contributed by atoms with Crippen molar-refractivity contribution in [1.29, 1.82) is 0 Å². The lowest BCUT2D eigenvalue weighted by atomic mass is 10.1. The molecule has 7 nitrogen and oxygen atoms in total. The quantitative estimate of drug-likeness (QED) is 0.184. The van der Waals surface area contributed by atoms with Crippen LogP contribution in [-0.2, 0) is 17.5 Å².